The highest BCUT2D eigenvalue weighted by Crippen LogP contribution is 2.14. The summed E-state index contributed by atoms with van der Waals surface area (Å²) in [7, 11) is 0. The van der Waals surface area contributed by atoms with Crippen molar-refractivity contribution in [2.24, 2.45) is 0 Å². The summed E-state index contributed by atoms with van der Waals surface area (Å²) in [6, 6.07) is 5.92. The average Bonchev–Trinajstić information content (AvgIpc) is 2.34. The molecule has 0 aliphatic carbocycles. The molecule has 0 fully saturated rings. The molecule has 0 radical (unpaired) electrons. The van der Waals surface area contributed by atoms with E-state index in [2.05, 4.69) is 33.1 Å². The maximum absolute atomic E-state index is 11.8. The van der Waals surface area contributed by atoms with Crippen LogP contribution in [-0.4, -0.2) is 10.2 Å². The van der Waals surface area contributed by atoms with E-state index in [0.717, 1.165) is 11.9 Å². The van der Waals surface area contributed by atoms with Gasteiger partial charge in [0.2, 0.25) is 5.43 Å². The molecule has 90 valence electrons. The third-order valence-corrected chi connectivity index (χ3v) is 3.40. The van der Waals surface area contributed by atoms with Gasteiger partial charge in [0.15, 0.2) is 4.60 Å². The molecule has 0 aliphatic heterocycles. The van der Waals surface area contributed by atoms with Gasteiger partial charge >= 0.3 is 0 Å². The molecule has 0 unspecified atom stereocenters. The van der Waals surface area contributed by atoms with Crippen molar-refractivity contribution in [2.45, 2.75) is 32.6 Å². The van der Waals surface area contributed by atoms with Gasteiger partial charge in [0, 0.05) is 5.39 Å². The fourth-order valence-electron chi connectivity index (χ4n) is 1.89. The second-order valence-corrected chi connectivity index (χ2v) is 4.93. The molecule has 4 heteroatoms. The molecule has 0 spiro atoms. The highest BCUT2D eigenvalue weighted by Gasteiger charge is 2.04. The van der Waals surface area contributed by atoms with Crippen LogP contribution in [0.3, 0.4) is 0 Å². The van der Waals surface area contributed by atoms with Gasteiger partial charge in [-0.1, -0.05) is 25.8 Å². The molecule has 0 saturated carbocycles. The molecule has 1 aromatic carbocycles. The number of unbranched alkanes of at least 4 members (excludes halogenated alkanes) is 2. The summed E-state index contributed by atoms with van der Waals surface area (Å²) in [5.41, 5.74) is 2.01. The summed E-state index contributed by atoms with van der Waals surface area (Å²) in [5, 5.41) is 7.50. The lowest BCUT2D eigenvalue weighted by atomic mass is 10.1. The van der Waals surface area contributed by atoms with Crippen molar-refractivity contribution < 1.29 is 0 Å². The van der Waals surface area contributed by atoms with E-state index in [1.54, 1.807) is 0 Å². The van der Waals surface area contributed by atoms with Crippen LogP contribution in [0.15, 0.2) is 27.6 Å². The Morgan fingerprint density at radius 2 is 2.18 bits per heavy atom. The molecule has 0 bridgehead atoms. The fraction of sp³-hybridized carbons (Fsp3) is 0.385. The molecular weight excluding hydrogens is 280 g/mol. The Morgan fingerprint density at radius 3 is 2.94 bits per heavy atom. The first-order valence-corrected chi connectivity index (χ1v) is 6.68. The van der Waals surface area contributed by atoms with Crippen LogP contribution in [-0.2, 0) is 6.42 Å². The molecule has 2 aromatic rings. The van der Waals surface area contributed by atoms with Gasteiger partial charge in [0.25, 0.3) is 0 Å². The maximum atomic E-state index is 11.8. The summed E-state index contributed by atoms with van der Waals surface area (Å²) in [5.74, 6) is 0. The molecule has 1 N–H and O–H groups in total. The molecule has 2 rings (SSSR count). The summed E-state index contributed by atoms with van der Waals surface area (Å²) in [4.78, 5) is 11.8. The third-order valence-electron chi connectivity index (χ3n) is 2.86. The number of nitrogens with one attached hydrogen (secondary N) is 1. The van der Waals surface area contributed by atoms with Crippen LogP contribution < -0.4 is 5.43 Å². The van der Waals surface area contributed by atoms with E-state index >= 15 is 0 Å². The number of benzene rings is 1. The number of H-pyrrole nitrogens is 1. The Bertz CT molecular complexity index is 577. The van der Waals surface area contributed by atoms with Crippen molar-refractivity contribution in [1.29, 1.82) is 0 Å². The first-order valence-electron chi connectivity index (χ1n) is 5.89. The van der Waals surface area contributed by atoms with E-state index < -0.39 is 0 Å². The molecule has 1 aromatic heterocycles. The third kappa shape index (κ3) is 2.75. The second kappa shape index (κ2) is 5.45. The molecule has 0 amide bonds. The molecular formula is C13H15BrN2O. The van der Waals surface area contributed by atoms with Crippen LogP contribution >= 0.6 is 15.9 Å². The van der Waals surface area contributed by atoms with Crippen molar-refractivity contribution in [3.05, 3.63) is 38.6 Å². The maximum Gasteiger partial charge on any atom is 0.222 e. The van der Waals surface area contributed by atoms with Gasteiger partial charge in [-0.05, 0) is 46.5 Å². The molecule has 1 heterocycles. The van der Waals surface area contributed by atoms with Crippen LogP contribution in [0.25, 0.3) is 10.9 Å². The summed E-state index contributed by atoms with van der Waals surface area (Å²) < 4.78 is 0.337. The highest BCUT2D eigenvalue weighted by atomic mass is 79.9. The number of rotatable bonds is 4. The zero-order chi connectivity index (χ0) is 12.3. The number of hydrogen-bond acceptors (Lipinski definition) is 2. The lowest BCUT2D eigenvalue weighted by Gasteiger charge is -2.03. The molecule has 0 atom stereocenters. The first kappa shape index (κ1) is 12.3. The van der Waals surface area contributed by atoms with Crippen molar-refractivity contribution in [2.75, 3.05) is 0 Å². The van der Waals surface area contributed by atoms with Crippen LogP contribution in [0, 0.1) is 0 Å². The Morgan fingerprint density at radius 1 is 1.35 bits per heavy atom. The Balaban J connectivity index is 2.32. The van der Waals surface area contributed by atoms with E-state index in [4.69, 9.17) is 0 Å². The summed E-state index contributed by atoms with van der Waals surface area (Å²) in [6.45, 7) is 2.19. The topological polar surface area (TPSA) is 45.8 Å². The number of hydrogen-bond donors (Lipinski definition) is 1. The van der Waals surface area contributed by atoms with Crippen molar-refractivity contribution in [3.63, 3.8) is 0 Å². The van der Waals surface area contributed by atoms with Gasteiger partial charge in [-0.25, -0.2) is 0 Å². The van der Waals surface area contributed by atoms with E-state index in [-0.39, 0.29) is 5.43 Å². The Hall–Kier alpha value is -1.16. The predicted octanol–water partition coefficient (Wildman–Crippen LogP) is 3.42. The molecule has 0 saturated heterocycles. The SMILES string of the molecule is CCCCCc1ccc2c(=O)c(Br)n[nH]c2c1. The molecule has 17 heavy (non-hydrogen) atoms. The summed E-state index contributed by atoms with van der Waals surface area (Å²) >= 11 is 3.13. The minimum Gasteiger partial charge on any atom is -0.286 e. The standard InChI is InChI=1S/C13H15BrN2O/c1-2-3-4-5-9-6-7-10-11(8-9)15-16-13(14)12(10)17/h6-8H,2-5H2,1H3,(H,15,17). The Labute approximate surface area is 108 Å². The number of nitrogens with zero attached hydrogens (tertiary/aromatic N) is 1. The largest absolute Gasteiger partial charge is 0.286 e. The zero-order valence-corrected chi connectivity index (χ0v) is 11.4. The van der Waals surface area contributed by atoms with Crippen LogP contribution in [0.1, 0.15) is 31.7 Å². The molecule has 3 nitrogen and oxygen atoms in total. The fourth-order valence-corrected chi connectivity index (χ4v) is 2.19. The number of aromatic amines is 1. The smallest absolute Gasteiger partial charge is 0.222 e. The summed E-state index contributed by atoms with van der Waals surface area (Å²) in [6.07, 6.45) is 4.71. The van der Waals surface area contributed by atoms with E-state index in [1.807, 2.05) is 18.2 Å². The van der Waals surface area contributed by atoms with E-state index in [0.29, 0.717) is 9.99 Å². The lowest BCUT2D eigenvalue weighted by molar-refractivity contribution is 0.717. The number of aromatic nitrogens is 2. The monoisotopic (exact) mass is 294 g/mol. The molecule has 0 aliphatic rings. The van der Waals surface area contributed by atoms with Gasteiger partial charge in [0.05, 0.1) is 5.52 Å². The van der Waals surface area contributed by atoms with Gasteiger partial charge in [-0.2, -0.15) is 5.10 Å². The average molecular weight is 295 g/mol. The van der Waals surface area contributed by atoms with E-state index in [9.17, 15) is 4.79 Å². The first-order chi connectivity index (χ1) is 8.22. The Kier molecular flexibility index (Phi) is 3.94. The minimum absolute atomic E-state index is 0.0566. The van der Waals surface area contributed by atoms with Crippen molar-refractivity contribution in [1.82, 2.24) is 10.2 Å². The predicted molar refractivity (Wildman–Crippen MR) is 73.3 cm³/mol. The highest BCUT2D eigenvalue weighted by molar-refractivity contribution is 9.10. The number of halogens is 1. The minimum atomic E-state index is -0.0566. The van der Waals surface area contributed by atoms with Gasteiger partial charge in [-0.3, -0.25) is 9.89 Å². The van der Waals surface area contributed by atoms with Crippen LogP contribution in [0.4, 0.5) is 0 Å². The van der Waals surface area contributed by atoms with Gasteiger partial charge < -0.3 is 0 Å². The van der Waals surface area contributed by atoms with Crippen molar-refractivity contribution >= 4 is 26.8 Å². The number of fused-ring (bicyclic) bond motifs is 1. The quantitative estimate of drug-likeness (QED) is 0.878. The van der Waals surface area contributed by atoms with E-state index in [1.165, 1.54) is 24.8 Å². The number of aryl methyl sites for hydroxylation is 1. The lowest BCUT2D eigenvalue weighted by Crippen LogP contribution is -2.06. The zero-order valence-electron chi connectivity index (χ0n) is 9.79. The van der Waals surface area contributed by atoms with Gasteiger partial charge in [0.1, 0.15) is 0 Å². The normalized spacial score (nSPS) is 10.9. The van der Waals surface area contributed by atoms with Gasteiger partial charge in [-0.15, -0.1) is 0 Å². The second-order valence-electron chi connectivity index (χ2n) is 4.18. The van der Waals surface area contributed by atoms with Crippen molar-refractivity contribution in [3.8, 4) is 0 Å². The van der Waals surface area contributed by atoms with Crippen LogP contribution in [0.2, 0.25) is 0 Å². The van der Waals surface area contributed by atoms with Crippen LogP contribution in [0.5, 0.6) is 0 Å².